The Morgan fingerprint density at radius 1 is 1.50 bits per heavy atom. The van der Waals surface area contributed by atoms with Gasteiger partial charge in [-0.15, -0.1) is 11.3 Å². The van der Waals surface area contributed by atoms with Crippen molar-refractivity contribution in [3.05, 3.63) is 44.8 Å². The summed E-state index contributed by atoms with van der Waals surface area (Å²) < 4.78 is 1.43. The number of carbonyl (C=O) groups excluding carboxylic acids is 1. The first-order valence-electron chi connectivity index (χ1n) is 7.02. The predicted octanol–water partition coefficient (Wildman–Crippen LogP) is 2.60. The Kier molecular flexibility index (Phi) is 4.65. The summed E-state index contributed by atoms with van der Waals surface area (Å²) in [5, 5.41) is 8.29. The van der Waals surface area contributed by atoms with Crippen molar-refractivity contribution in [1.82, 2.24) is 14.9 Å². The largest absolute Gasteiger partial charge is 0.326 e. The summed E-state index contributed by atoms with van der Waals surface area (Å²) in [6.07, 6.45) is 4.08. The highest BCUT2D eigenvalue weighted by Gasteiger charge is 2.29. The van der Waals surface area contributed by atoms with Crippen LogP contribution in [0.4, 0.5) is 10.5 Å². The molecule has 0 radical (unpaired) electrons. The third-order valence-electron chi connectivity index (χ3n) is 3.72. The smallest absolute Gasteiger partial charge is 0.320 e. The highest BCUT2D eigenvalue weighted by molar-refractivity contribution is 7.09. The van der Waals surface area contributed by atoms with E-state index in [2.05, 4.69) is 15.6 Å². The van der Waals surface area contributed by atoms with Crippen LogP contribution in [0.25, 0.3) is 0 Å². The molecule has 0 bridgehead atoms. The number of hydrogen-bond donors (Lipinski definition) is 2. The average Bonchev–Trinajstić information content (AvgIpc) is 3.02. The highest BCUT2D eigenvalue weighted by Crippen LogP contribution is 2.26. The fourth-order valence-electron chi connectivity index (χ4n) is 2.06. The number of pyridine rings is 1. The van der Waals surface area contributed by atoms with E-state index in [-0.39, 0.29) is 5.56 Å². The summed E-state index contributed by atoms with van der Waals surface area (Å²) in [4.78, 5) is 28.7. The molecule has 0 unspecified atom stereocenters. The number of amides is 2. The molecule has 2 aromatic heterocycles. The molecule has 0 aliphatic heterocycles. The molecule has 118 valence electrons. The molecule has 0 fully saturated rings. The summed E-state index contributed by atoms with van der Waals surface area (Å²) >= 11 is 1.49. The van der Waals surface area contributed by atoms with E-state index in [1.807, 2.05) is 19.2 Å². The number of aryl methyl sites for hydroxylation is 2. The third-order valence-corrected chi connectivity index (χ3v) is 4.75. The molecule has 2 aromatic rings. The van der Waals surface area contributed by atoms with E-state index in [1.165, 1.54) is 15.9 Å². The van der Waals surface area contributed by atoms with Gasteiger partial charge in [0, 0.05) is 24.8 Å². The lowest BCUT2D eigenvalue weighted by molar-refractivity contribution is 0.237. The Morgan fingerprint density at radius 2 is 2.23 bits per heavy atom. The van der Waals surface area contributed by atoms with Crippen molar-refractivity contribution in [2.24, 2.45) is 7.05 Å². The summed E-state index contributed by atoms with van der Waals surface area (Å²) in [6, 6.07) is 1.38. The van der Waals surface area contributed by atoms with Crippen LogP contribution in [0.15, 0.2) is 28.6 Å². The number of carbonyl (C=O) groups is 1. The Bertz CT molecular complexity index is 724. The van der Waals surface area contributed by atoms with Crippen molar-refractivity contribution in [2.75, 3.05) is 5.32 Å². The summed E-state index contributed by atoms with van der Waals surface area (Å²) in [6.45, 7) is 5.69. The Balaban J connectivity index is 2.20. The van der Waals surface area contributed by atoms with Gasteiger partial charge in [0.1, 0.15) is 10.7 Å². The molecular weight excluding hydrogens is 300 g/mol. The van der Waals surface area contributed by atoms with Gasteiger partial charge in [-0.3, -0.25) is 4.79 Å². The van der Waals surface area contributed by atoms with E-state index in [4.69, 9.17) is 0 Å². The lowest BCUT2D eigenvalue weighted by atomic mass is 10.0. The van der Waals surface area contributed by atoms with Gasteiger partial charge in [-0.05, 0) is 31.9 Å². The van der Waals surface area contributed by atoms with E-state index in [0.717, 1.165) is 10.6 Å². The fraction of sp³-hybridized carbons (Fsp3) is 0.400. The molecule has 0 saturated heterocycles. The molecular formula is C15H20N4O2S. The standard InChI is InChI=1S/C15H20N4O2S/c1-5-15(3,13-16-7-9-22-13)18-14(21)17-11-10(2)6-8-19(4)12(11)20/h6-9H,5H2,1-4H3,(H2,17,18,21)/t15-/m0/s1. The van der Waals surface area contributed by atoms with Crippen molar-refractivity contribution >= 4 is 23.1 Å². The van der Waals surface area contributed by atoms with E-state index in [9.17, 15) is 9.59 Å². The number of rotatable bonds is 4. The second kappa shape index (κ2) is 6.31. The summed E-state index contributed by atoms with van der Waals surface area (Å²) in [5.74, 6) is 0. The Labute approximate surface area is 133 Å². The van der Waals surface area contributed by atoms with Crippen LogP contribution in [0.2, 0.25) is 0 Å². The molecule has 2 amide bonds. The van der Waals surface area contributed by atoms with Gasteiger partial charge < -0.3 is 15.2 Å². The van der Waals surface area contributed by atoms with Crippen LogP contribution in [-0.4, -0.2) is 15.6 Å². The molecule has 22 heavy (non-hydrogen) atoms. The van der Waals surface area contributed by atoms with Crippen molar-refractivity contribution in [1.29, 1.82) is 0 Å². The minimum absolute atomic E-state index is 0.234. The number of urea groups is 1. The molecule has 0 saturated carbocycles. The number of thiazole rings is 1. The first-order chi connectivity index (χ1) is 10.4. The van der Waals surface area contributed by atoms with Crippen molar-refractivity contribution < 1.29 is 4.79 Å². The zero-order chi connectivity index (χ0) is 16.3. The van der Waals surface area contributed by atoms with Crippen molar-refractivity contribution in [2.45, 2.75) is 32.7 Å². The predicted molar refractivity (Wildman–Crippen MR) is 88.3 cm³/mol. The molecule has 6 nitrogen and oxygen atoms in total. The van der Waals surface area contributed by atoms with Crippen LogP contribution < -0.4 is 16.2 Å². The Morgan fingerprint density at radius 3 is 2.82 bits per heavy atom. The van der Waals surface area contributed by atoms with Gasteiger partial charge in [0.15, 0.2) is 0 Å². The number of nitrogens with zero attached hydrogens (tertiary/aromatic N) is 2. The summed E-state index contributed by atoms with van der Waals surface area (Å²) in [5.41, 5.74) is 0.222. The molecule has 0 aliphatic carbocycles. The average molecular weight is 320 g/mol. The van der Waals surface area contributed by atoms with Crippen LogP contribution in [0.1, 0.15) is 30.8 Å². The molecule has 7 heteroatoms. The SMILES string of the molecule is CC[C@](C)(NC(=O)Nc1c(C)ccn(C)c1=O)c1nccs1. The number of hydrogen-bond acceptors (Lipinski definition) is 4. The number of anilines is 1. The van der Waals surface area contributed by atoms with E-state index < -0.39 is 11.6 Å². The lowest BCUT2D eigenvalue weighted by Gasteiger charge is -2.27. The normalized spacial score (nSPS) is 13.5. The van der Waals surface area contributed by atoms with Gasteiger partial charge in [0.05, 0.1) is 5.54 Å². The van der Waals surface area contributed by atoms with Crippen LogP contribution >= 0.6 is 11.3 Å². The maximum atomic E-state index is 12.3. The van der Waals surface area contributed by atoms with E-state index in [0.29, 0.717) is 12.1 Å². The first kappa shape index (κ1) is 16.2. The lowest BCUT2D eigenvalue weighted by Crippen LogP contribution is -2.46. The van der Waals surface area contributed by atoms with Crippen LogP contribution in [0, 0.1) is 6.92 Å². The van der Waals surface area contributed by atoms with Crippen molar-refractivity contribution in [3.63, 3.8) is 0 Å². The van der Waals surface area contributed by atoms with Crippen LogP contribution in [0.5, 0.6) is 0 Å². The molecule has 2 heterocycles. The fourth-order valence-corrected chi connectivity index (χ4v) is 2.88. The second-order valence-corrected chi connectivity index (χ2v) is 6.29. The highest BCUT2D eigenvalue weighted by atomic mass is 32.1. The Hall–Kier alpha value is -2.15. The zero-order valence-electron chi connectivity index (χ0n) is 13.1. The molecule has 2 rings (SSSR count). The van der Waals surface area contributed by atoms with Crippen LogP contribution in [0.3, 0.4) is 0 Å². The topological polar surface area (TPSA) is 76.0 Å². The van der Waals surface area contributed by atoms with E-state index >= 15 is 0 Å². The van der Waals surface area contributed by atoms with Gasteiger partial charge >= 0.3 is 6.03 Å². The van der Waals surface area contributed by atoms with Gasteiger partial charge in [-0.25, -0.2) is 9.78 Å². The zero-order valence-corrected chi connectivity index (χ0v) is 14.0. The minimum atomic E-state index is -0.563. The monoisotopic (exact) mass is 320 g/mol. The maximum absolute atomic E-state index is 12.3. The van der Waals surface area contributed by atoms with Gasteiger partial charge in [-0.1, -0.05) is 6.92 Å². The van der Waals surface area contributed by atoms with Gasteiger partial charge in [-0.2, -0.15) is 0 Å². The number of aromatic nitrogens is 2. The summed E-state index contributed by atoms with van der Waals surface area (Å²) in [7, 11) is 1.65. The third kappa shape index (κ3) is 3.19. The first-order valence-corrected chi connectivity index (χ1v) is 7.90. The number of nitrogens with one attached hydrogen (secondary N) is 2. The molecule has 0 aliphatic rings. The van der Waals surface area contributed by atoms with Gasteiger partial charge in [0.2, 0.25) is 0 Å². The minimum Gasteiger partial charge on any atom is -0.326 e. The molecule has 0 spiro atoms. The molecule has 1 atom stereocenters. The van der Waals surface area contributed by atoms with E-state index in [1.54, 1.807) is 32.4 Å². The van der Waals surface area contributed by atoms with Crippen LogP contribution in [-0.2, 0) is 12.6 Å². The van der Waals surface area contributed by atoms with Crippen molar-refractivity contribution in [3.8, 4) is 0 Å². The molecule has 0 aromatic carbocycles. The molecule has 2 N–H and O–H groups in total. The maximum Gasteiger partial charge on any atom is 0.320 e. The van der Waals surface area contributed by atoms with Gasteiger partial charge in [0.25, 0.3) is 5.56 Å². The quantitative estimate of drug-likeness (QED) is 0.909. The second-order valence-electron chi connectivity index (χ2n) is 5.39.